The van der Waals surface area contributed by atoms with Crippen molar-refractivity contribution in [3.63, 3.8) is 0 Å². The molecule has 0 aromatic heterocycles. The predicted molar refractivity (Wildman–Crippen MR) is 124 cm³/mol. The molecular weight excluding hydrogens is 407 g/mol. The number of hydrogen-bond donors (Lipinski definition) is 3. The third-order valence-corrected chi connectivity index (χ3v) is 5.56. The van der Waals surface area contributed by atoms with Gasteiger partial charge in [-0.25, -0.2) is 4.39 Å². The molecule has 2 atom stereocenters. The van der Waals surface area contributed by atoms with Crippen LogP contribution in [0.4, 0.5) is 15.8 Å². The summed E-state index contributed by atoms with van der Waals surface area (Å²) in [5.74, 6) is -0.864. The molecule has 4 rings (SSSR count). The summed E-state index contributed by atoms with van der Waals surface area (Å²) in [6.07, 6.45) is 0.844. The van der Waals surface area contributed by atoms with E-state index in [4.69, 9.17) is 0 Å². The molecule has 0 aliphatic carbocycles. The number of aromatic hydroxyl groups is 1. The van der Waals surface area contributed by atoms with Gasteiger partial charge in [0.25, 0.3) is 10.9 Å². The molecule has 0 amide bonds. The summed E-state index contributed by atoms with van der Waals surface area (Å²) in [4.78, 5) is 23.0. The second-order valence-corrected chi connectivity index (χ2v) is 7.66. The van der Waals surface area contributed by atoms with Gasteiger partial charge in [0, 0.05) is 11.7 Å². The molecule has 1 unspecified atom stereocenters. The van der Waals surface area contributed by atoms with Gasteiger partial charge in [-0.15, -0.1) is 0 Å². The van der Waals surface area contributed by atoms with Crippen molar-refractivity contribution in [1.29, 1.82) is 0 Å². The first-order chi connectivity index (χ1) is 15.5. The van der Waals surface area contributed by atoms with Crippen LogP contribution in [0.1, 0.15) is 42.1 Å². The Morgan fingerprint density at radius 1 is 0.844 bits per heavy atom. The van der Waals surface area contributed by atoms with Crippen LogP contribution >= 0.6 is 0 Å². The Hall–Kier alpha value is -3.77. The second kappa shape index (κ2) is 9.16. The van der Waals surface area contributed by atoms with E-state index in [0.717, 1.165) is 23.1 Å². The molecular formula is C26H23FN2O3. The molecule has 5 nitrogen and oxygen atoms in total. The zero-order chi connectivity index (χ0) is 22.7. The van der Waals surface area contributed by atoms with Gasteiger partial charge in [-0.3, -0.25) is 14.9 Å². The summed E-state index contributed by atoms with van der Waals surface area (Å²) in [7, 11) is 0. The van der Waals surface area contributed by atoms with E-state index >= 15 is 0 Å². The van der Waals surface area contributed by atoms with Crippen LogP contribution in [0.25, 0.3) is 0 Å². The zero-order valence-corrected chi connectivity index (χ0v) is 17.5. The molecule has 162 valence electrons. The van der Waals surface area contributed by atoms with Crippen molar-refractivity contribution in [2.24, 2.45) is 0 Å². The molecule has 0 aliphatic heterocycles. The molecule has 0 spiro atoms. The van der Waals surface area contributed by atoms with Crippen LogP contribution in [0.5, 0.6) is 5.75 Å². The topological polar surface area (TPSA) is 78.4 Å². The van der Waals surface area contributed by atoms with Gasteiger partial charge in [-0.05, 0) is 47.4 Å². The molecule has 4 aromatic carbocycles. The number of rotatable bonds is 8. The van der Waals surface area contributed by atoms with Gasteiger partial charge in [0.15, 0.2) is 5.75 Å². The maximum absolute atomic E-state index is 13.6. The van der Waals surface area contributed by atoms with Crippen LogP contribution in [-0.2, 0) is 0 Å². The lowest BCUT2D eigenvalue weighted by Crippen LogP contribution is -2.32. The molecule has 6 heteroatoms. The number of anilines is 2. The minimum Gasteiger partial charge on any atom is -0.502 e. The van der Waals surface area contributed by atoms with Crippen molar-refractivity contribution in [1.82, 2.24) is 5.32 Å². The van der Waals surface area contributed by atoms with Crippen molar-refractivity contribution in [2.75, 3.05) is 5.32 Å². The van der Waals surface area contributed by atoms with Crippen LogP contribution in [-0.4, -0.2) is 5.11 Å². The largest absolute Gasteiger partial charge is 0.502 e. The van der Waals surface area contributed by atoms with Crippen molar-refractivity contribution in [3.05, 3.63) is 122 Å². The minimum atomic E-state index is -0.886. The van der Waals surface area contributed by atoms with Crippen molar-refractivity contribution in [2.45, 2.75) is 25.4 Å². The van der Waals surface area contributed by atoms with Crippen LogP contribution in [0.3, 0.4) is 0 Å². The first kappa shape index (κ1) is 21.5. The van der Waals surface area contributed by atoms with E-state index in [2.05, 4.69) is 29.7 Å². The lowest BCUT2D eigenvalue weighted by molar-refractivity contribution is 0.466. The lowest BCUT2D eigenvalue weighted by atomic mass is 9.95. The summed E-state index contributed by atoms with van der Waals surface area (Å²) in [6, 6.07) is 23.6. The summed E-state index contributed by atoms with van der Waals surface area (Å²) < 4.78 is 13.6. The van der Waals surface area contributed by atoms with Gasteiger partial charge in [0.1, 0.15) is 11.5 Å². The summed E-state index contributed by atoms with van der Waals surface area (Å²) >= 11 is 0. The fourth-order valence-corrected chi connectivity index (χ4v) is 3.81. The average molecular weight is 430 g/mol. The first-order valence-corrected chi connectivity index (χ1v) is 10.4. The van der Waals surface area contributed by atoms with Crippen LogP contribution in [0.15, 0.2) is 88.5 Å². The average Bonchev–Trinajstić information content (AvgIpc) is 2.84. The van der Waals surface area contributed by atoms with E-state index in [0.29, 0.717) is 5.69 Å². The van der Waals surface area contributed by atoms with Crippen LogP contribution in [0, 0.1) is 5.82 Å². The Morgan fingerprint density at radius 2 is 1.53 bits per heavy atom. The van der Waals surface area contributed by atoms with Gasteiger partial charge >= 0.3 is 0 Å². The van der Waals surface area contributed by atoms with Gasteiger partial charge in [0.05, 0.1) is 6.04 Å². The van der Waals surface area contributed by atoms with E-state index in [1.165, 1.54) is 12.1 Å². The monoisotopic (exact) mass is 430 g/mol. The fraction of sp³-hybridized carbons (Fsp3) is 0.154. The van der Waals surface area contributed by atoms with E-state index in [1.807, 2.05) is 36.4 Å². The minimum absolute atomic E-state index is 0.0560. The van der Waals surface area contributed by atoms with Gasteiger partial charge in [0.2, 0.25) is 0 Å². The number of halogens is 1. The zero-order valence-electron chi connectivity index (χ0n) is 17.5. The Balaban J connectivity index is 1.69. The standard InChI is InChI=1S/C26H23FN2O3/c1-2-21(16-7-4-3-5-8-16)29-22(17-11-13-19(27)14-12-17)18-9-6-10-20(15-18)28-23-24(30)26(32)25(23)31/h3-15,21-22,28-30H,2H2,1H3/t21-,22?/m1/s1. The highest BCUT2D eigenvalue weighted by Crippen LogP contribution is 2.30. The number of nitrogens with one attached hydrogen (secondary N) is 2. The Morgan fingerprint density at radius 3 is 2.19 bits per heavy atom. The van der Waals surface area contributed by atoms with Gasteiger partial charge in [-0.2, -0.15) is 0 Å². The predicted octanol–water partition coefficient (Wildman–Crippen LogP) is 4.70. The molecule has 0 radical (unpaired) electrons. The second-order valence-electron chi connectivity index (χ2n) is 7.66. The van der Waals surface area contributed by atoms with Gasteiger partial charge in [-0.1, -0.05) is 61.5 Å². The van der Waals surface area contributed by atoms with E-state index in [1.54, 1.807) is 18.2 Å². The highest BCUT2D eigenvalue weighted by atomic mass is 19.1. The Bertz CT molecular complexity index is 1280. The molecule has 0 bridgehead atoms. The van der Waals surface area contributed by atoms with Crippen LogP contribution in [0.2, 0.25) is 0 Å². The molecule has 4 aromatic rings. The van der Waals surface area contributed by atoms with Gasteiger partial charge < -0.3 is 10.4 Å². The Kier molecular flexibility index (Phi) is 6.14. The van der Waals surface area contributed by atoms with E-state index < -0.39 is 16.6 Å². The van der Waals surface area contributed by atoms with E-state index in [9.17, 15) is 19.1 Å². The molecule has 0 fully saturated rings. The fourth-order valence-electron chi connectivity index (χ4n) is 3.81. The normalized spacial score (nSPS) is 13.1. The summed E-state index contributed by atoms with van der Waals surface area (Å²) in [5.41, 5.74) is 1.74. The number of benzene rings is 3. The molecule has 0 aliphatic rings. The third kappa shape index (κ3) is 4.31. The molecule has 0 saturated heterocycles. The quantitative estimate of drug-likeness (QED) is 0.353. The van der Waals surface area contributed by atoms with E-state index in [-0.39, 0.29) is 23.6 Å². The highest BCUT2D eigenvalue weighted by molar-refractivity contribution is 5.69. The third-order valence-electron chi connectivity index (χ3n) is 5.56. The summed E-state index contributed by atoms with van der Waals surface area (Å²) in [6.45, 7) is 2.10. The van der Waals surface area contributed by atoms with Crippen LogP contribution < -0.4 is 21.5 Å². The maximum atomic E-state index is 13.6. The number of hydrogen-bond acceptors (Lipinski definition) is 5. The SMILES string of the molecule is CC[C@@H](NC(c1ccc(F)cc1)c1cccc(Nc2c(O)c(=O)c2=O)c1)c1ccccc1. The molecule has 3 N–H and O–H groups in total. The van der Waals surface area contributed by atoms with Crippen molar-refractivity contribution < 1.29 is 9.50 Å². The summed E-state index contributed by atoms with van der Waals surface area (Å²) in [5, 5.41) is 16.2. The maximum Gasteiger partial charge on any atom is 0.271 e. The van der Waals surface area contributed by atoms with Crippen molar-refractivity contribution in [3.8, 4) is 5.75 Å². The highest BCUT2D eigenvalue weighted by Gasteiger charge is 2.22. The smallest absolute Gasteiger partial charge is 0.271 e. The molecule has 0 heterocycles. The Labute approximate surface area is 184 Å². The first-order valence-electron chi connectivity index (χ1n) is 10.4. The lowest BCUT2D eigenvalue weighted by Gasteiger charge is -2.27. The molecule has 0 saturated carbocycles. The van der Waals surface area contributed by atoms with Crippen molar-refractivity contribution >= 4 is 11.4 Å². The molecule has 32 heavy (non-hydrogen) atoms.